The summed E-state index contributed by atoms with van der Waals surface area (Å²) in [5.74, 6) is 0.344. The number of hydrogen-bond donors (Lipinski definition) is 1. The number of aromatic hydroxyl groups is 1. The molecule has 2 aromatic rings. The lowest BCUT2D eigenvalue weighted by Gasteiger charge is -2.11. The normalized spacial score (nSPS) is 10.4. The molecule has 82 valence electrons. The van der Waals surface area contributed by atoms with Crippen molar-refractivity contribution in [3.05, 3.63) is 52.0 Å². The van der Waals surface area contributed by atoms with Gasteiger partial charge in [-0.05, 0) is 48.2 Å². The Morgan fingerprint density at radius 3 is 2.12 bits per heavy atom. The molecular weight excluding hydrogens is 264 g/mol. The van der Waals surface area contributed by atoms with Gasteiger partial charge < -0.3 is 5.11 Å². The third-order valence-electron chi connectivity index (χ3n) is 2.86. The Hall–Kier alpha value is -1.28. The van der Waals surface area contributed by atoms with Crippen LogP contribution < -0.4 is 0 Å². The highest BCUT2D eigenvalue weighted by atomic mass is 79.9. The van der Waals surface area contributed by atoms with Gasteiger partial charge >= 0.3 is 0 Å². The molecular formula is C14H13BrO. The number of halogens is 1. The molecule has 0 spiro atoms. The van der Waals surface area contributed by atoms with Gasteiger partial charge in [-0.15, -0.1) is 0 Å². The van der Waals surface area contributed by atoms with E-state index in [2.05, 4.69) is 28.9 Å². The van der Waals surface area contributed by atoms with E-state index in [-0.39, 0.29) is 0 Å². The number of phenolic OH excluding ortho intramolecular Hbond substituents is 1. The average Bonchev–Trinajstić information content (AvgIpc) is 2.27. The van der Waals surface area contributed by atoms with Crippen molar-refractivity contribution in [2.24, 2.45) is 0 Å². The van der Waals surface area contributed by atoms with Crippen molar-refractivity contribution < 1.29 is 5.11 Å². The van der Waals surface area contributed by atoms with Crippen molar-refractivity contribution in [3.8, 4) is 16.9 Å². The summed E-state index contributed by atoms with van der Waals surface area (Å²) in [6.45, 7) is 4.01. The van der Waals surface area contributed by atoms with E-state index < -0.39 is 0 Å². The number of phenols is 1. The summed E-state index contributed by atoms with van der Waals surface area (Å²) in [4.78, 5) is 0. The summed E-state index contributed by atoms with van der Waals surface area (Å²) in [6, 6.07) is 11.7. The number of rotatable bonds is 1. The zero-order valence-corrected chi connectivity index (χ0v) is 10.9. The maximum atomic E-state index is 9.71. The molecule has 0 radical (unpaired) electrons. The molecule has 1 nitrogen and oxygen atoms in total. The Morgan fingerprint density at radius 2 is 1.44 bits per heavy atom. The van der Waals surface area contributed by atoms with Crippen LogP contribution in [-0.4, -0.2) is 5.11 Å². The van der Waals surface area contributed by atoms with E-state index in [9.17, 15) is 5.11 Å². The molecule has 0 amide bonds. The molecule has 0 aliphatic heterocycles. The fourth-order valence-electron chi connectivity index (χ4n) is 1.81. The lowest BCUT2D eigenvalue weighted by Crippen LogP contribution is -1.88. The topological polar surface area (TPSA) is 20.2 Å². The predicted molar refractivity (Wildman–Crippen MR) is 70.7 cm³/mol. The Kier molecular flexibility index (Phi) is 3.01. The molecule has 0 saturated carbocycles. The Morgan fingerprint density at radius 1 is 0.875 bits per heavy atom. The summed E-state index contributed by atoms with van der Waals surface area (Å²) in [6.07, 6.45) is 0. The molecule has 0 bridgehead atoms. The third-order valence-corrected chi connectivity index (χ3v) is 3.72. The lowest BCUT2D eigenvalue weighted by atomic mass is 9.96. The fourth-order valence-corrected chi connectivity index (χ4v) is 2.18. The van der Waals surface area contributed by atoms with Crippen LogP contribution in [0.25, 0.3) is 11.1 Å². The Balaban J connectivity index is 2.68. The maximum Gasteiger partial charge on any atom is 0.119 e. The van der Waals surface area contributed by atoms with E-state index in [4.69, 9.17) is 0 Å². The molecule has 0 atom stereocenters. The van der Waals surface area contributed by atoms with Crippen molar-refractivity contribution in [3.63, 3.8) is 0 Å². The van der Waals surface area contributed by atoms with E-state index in [1.165, 1.54) is 5.56 Å². The molecule has 0 heterocycles. The standard InChI is InChI=1S/C14H13BrO/c1-9-11(5-3-7-13(9)15)12-6-4-8-14(16)10(12)2/h3-8,16H,1-2H3. The molecule has 2 rings (SSSR count). The minimum absolute atomic E-state index is 0.344. The molecule has 0 aliphatic carbocycles. The monoisotopic (exact) mass is 276 g/mol. The van der Waals surface area contributed by atoms with Crippen LogP contribution in [0, 0.1) is 13.8 Å². The minimum Gasteiger partial charge on any atom is -0.508 e. The van der Waals surface area contributed by atoms with Gasteiger partial charge in [0, 0.05) is 4.47 Å². The van der Waals surface area contributed by atoms with E-state index in [0.29, 0.717) is 5.75 Å². The van der Waals surface area contributed by atoms with E-state index in [1.807, 2.05) is 31.2 Å². The van der Waals surface area contributed by atoms with Gasteiger partial charge in [0.05, 0.1) is 0 Å². The molecule has 0 aliphatic rings. The fraction of sp³-hybridized carbons (Fsp3) is 0.143. The molecule has 0 fully saturated rings. The molecule has 2 heteroatoms. The summed E-state index contributed by atoms with van der Waals surface area (Å²) in [7, 11) is 0. The van der Waals surface area contributed by atoms with Crippen LogP contribution in [0.1, 0.15) is 11.1 Å². The maximum absolute atomic E-state index is 9.71. The van der Waals surface area contributed by atoms with Crippen molar-refractivity contribution in [2.75, 3.05) is 0 Å². The van der Waals surface area contributed by atoms with Crippen molar-refractivity contribution in [1.82, 2.24) is 0 Å². The summed E-state index contributed by atoms with van der Waals surface area (Å²) in [5, 5.41) is 9.71. The highest BCUT2D eigenvalue weighted by Crippen LogP contribution is 2.33. The second-order valence-electron chi connectivity index (χ2n) is 3.86. The summed E-state index contributed by atoms with van der Waals surface area (Å²) < 4.78 is 1.09. The molecule has 0 aromatic heterocycles. The molecule has 2 aromatic carbocycles. The second-order valence-corrected chi connectivity index (χ2v) is 4.72. The van der Waals surface area contributed by atoms with Crippen LogP contribution >= 0.6 is 15.9 Å². The first kappa shape index (κ1) is 11.2. The Labute approximate surface area is 104 Å². The Bertz CT molecular complexity index is 483. The zero-order valence-electron chi connectivity index (χ0n) is 9.29. The first-order valence-electron chi connectivity index (χ1n) is 5.15. The van der Waals surface area contributed by atoms with Crippen LogP contribution in [0.3, 0.4) is 0 Å². The molecule has 0 saturated heterocycles. The van der Waals surface area contributed by atoms with Gasteiger partial charge in [-0.2, -0.15) is 0 Å². The van der Waals surface area contributed by atoms with E-state index in [1.54, 1.807) is 6.07 Å². The quantitative estimate of drug-likeness (QED) is 0.817. The molecule has 0 unspecified atom stereocenters. The van der Waals surface area contributed by atoms with Crippen LogP contribution in [0.15, 0.2) is 40.9 Å². The number of hydrogen-bond acceptors (Lipinski definition) is 1. The van der Waals surface area contributed by atoms with Gasteiger partial charge in [0.25, 0.3) is 0 Å². The minimum atomic E-state index is 0.344. The largest absolute Gasteiger partial charge is 0.508 e. The van der Waals surface area contributed by atoms with Gasteiger partial charge in [-0.1, -0.05) is 40.2 Å². The summed E-state index contributed by atoms with van der Waals surface area (Å²) >= 11 is 3.52. The van der Waals surface area contributed by atoms with Crippen molar-refractivity contribution in [2.45, 2.75) is 13.8 Å². The molecule has 1 N–H and O–H groups in total. The van der Waals surface area contributed by atoms with Crippen LogP contribution in [0.4, 0.5) is 0 Å². The van der Waals surface area contributed by atoms with Gasteiger partial charge in [0.2, 0.25) is 0 Å². The third kappa shape index (κ3) is 1.85. The second kappa shape index (κ2) is 4.30. The smallest absolute Gasteiger partial charge is 0.119 e. The zero-order chi connectivity index (χ0) is 11.7. The van der Waals surface area contributed by atoms with Crippen LogP contribution in [-0.2, 0) is 0 Å². The summed E-state index contributed by atoms with van der Waals surface area (Å²) in [5.41, 5.74) is 4.35. The SMILES string of the molecule is Cc1c(O)cccc1-c1cccc(Br)c1C. The highest BCUT2D eigenvalue weighted by Gasteiger charge is 2.08. The van der Waals surface area contributed by atoms with Crippen molar-refractivity contribution >= 4 is 15.9 Å². The average molecular weight is 277 g/mol. The van der Waals surface area contributed by atoms with Gasteiger partial charge in [-0.3, -0.25) is 0 Å². The van der Waals surface area contributed by atoms with Gasteiger partial charge in [0.1, 0.15) is 5.75 Å². The number of benzene rings is 2. The van der Waals surface area contributed by atoms with Gasteiger partial charge in [-0.25, -0.2) is 0 Å². The predicted octanol–water partition coefficient (Wildman–Crippen LogP) is 4.44. The lowest BCUT2D eigenvalue weighted by molar-refractivity contribution is 0.471. The van der Waals surface area contributed by atoms with Gasteiger partial charge in [0.15, 0.2) is 0 Å². The van der Waals surface area contributed by atoms with Crippen LogP contribution in [0.2, 0.25) is 0 Å². The first-order chi connectivity index (χ1) is 7.61. The first-order valence-corrected chi connectivity index (χ1v) is 5.94. The van der Waals surface area contributed by atoms with Crippen molar-refractivity contribution in [1.29, 1.82) is 0 Å². The van der Waals surface area contributed by atoms with Crippen LogP contribution in [0.5, 0.6) is 5.75 Å². The van der Waals surface area contributed by atoms with E-state index in [0.717, 1.165) is 21.2 Å². The van der Waals surface area contributed by atoms with E-state index >= 15 is 0 Å². The highest BCUT2D eigenvalue weighted by molar-refractivity contribution is 9.10. The molecule has 16 heavy (non-hydrogen) atoms.